The minimum Gasteiger partial charge on any atom is -0.473 e. The number of thiazole rings is 1. The molecule has 1 heterocycles. The second kappa shape index (κ2) is 5.07. The van der Waals surface area contributed by atoms with Gasteiger partial charge in [-0.3, -0.25) is 0 Å². The molecule has 4 N–H and O–H groups in total. The van der Waals surface area contributed by atoms with E-state index in [2.05, 4.69) is 15.0 Å². The summed E-state index contributed by atoms with van der Waals surface area (Å²) in [6, 6.07) is 0. The van der Waals surface area contributed by atoms with E-state index in [9.17, 15) is 14.4 Å². The Labute approximate surface area is 93.0 Å². The highest BCUT2D eigenvalue weighted by atomic mass is 32.1. The van der Waals surface area contributed by atoms with E-state index >= 15 is 0 Å². The molecule has 8 nitrogen and oxygen atoms in total. The second-order valence-corrected chi connectivity index (χ2v) is 3.38. The zero-order valence-corrected chi connectivity index (χ0v) is 8.61. The first kappa shape index (κ1) is 11.9. The molecule has 0 atom stereocenters. The molecule has 0 aliphatic rings. The molecule has 0 saturated carbocycles. The van der Waals surface area contributed by atoms with Gasteiger partial charge in [-0.25, -0.2) is 19.4 Å². The van der Waals surface area contributed by atoms with Crippen LogP contribution in [0.15, 0.2) is 5.38 Å². The fraction of sp³-hybridized carbons (Fsp3) is 0.143. The van der Waals surface area contributed by atoms with Crippen LogP contribution in [0.5, 0.6) is 0 Å². The molecular weight excluding hydrogens is 238 g/mol. The number of aromatic nitrogens is 1. The highest BCUT2D eigenvalue weighted by Crippen LogP contribution is 2.14. The summed E-state index contributed by atoms with van der Waals surface area (Å²) in [5, 5.41) is 12.5. The number of hydrogen-bond acceptors (Lipinski definition) is 8. The van der Waals surface area contributed by atoms with E-state index in [1.165, 1.54) is 11.3 Å². The Hall–Kier alpha value is -2.16. The molecule has 9 heteroatoms. The summed E-state index contributed by atoms with van der Waals surface area (Å²) < 4.78 is 3.94. The number of nitrogen functional groups attached to an aromatic ring is 1. The molecule has 86 valence electrons. The summed E-state index contributed by atoms with van der Waals surface area (Å²) in [5.41, 5.74) is 5.32. The van der Waals surface area contributed by atoms with Crippen LogP contribution in [0, 0.1) is 0 Å². The zero-order chi connectivity index (χ0) is 12.1. The fourth-order valence-corrected chi connectivity index (χ4v) is 1.23. The van der Waals surface area contributed by atoms with Gasteiger partial charge in [0.1, 0.15) is 12.4 Å². The Balaban J connectivity index is 2.36. The molecular formula is C7H7N3O5S. The average Bonchev–Trinajstić information content (AvgIpc) is 2.61. The van der Waals surface area contributed by atoms with Crippen LogP contribution in [0.2, 0.25) is 0 Å². The highest BCUT2D eigenvalue weighted by Gasteiger charge is 2.17. The number of rotatable bonds is 3. The highest BCUT2D eigenvalue weighted by molar-refractivity contribution is 7.13. The van der Waals surface area contributed by atoms with Gasteiger partial charge >= 0.3 is 17.9 Å². The molecule has 0 radical (unpaired) electrons. The Morgan fingerprint density at radius 2 is 2.25 bits per heavy atom. The van der Waals surface area contributed by atoms with Crippen molar-refractivity contribution >= 4 is 40.2 Å². The van der Waals surface area contributed by atoms with Gasteiger partial charge in [0.05, 0.1) is 0 Å². The number of hydrogen-bond donors (Lipinski definition) is 3. The summed E-state index contributed by atoms with van der Waals surface area (Å²) in [5.74, 6) is -4.11. The lowest BCUT2D eigenvalue weighted by molar-refractivity contribution is -0.170. The molecule has 0 saturated heterocycles. The van der Waals surface area contributed by atoms with Crippen LogP contribution in [0.3, 0.4) is 0 Å². The van der Waals surface area contributed by atoms with Gasteiger partial charge in [0.2, 0.25) is 0 Å². The van der Waals surface area contributed by atoms with Crippen molar-refractivity contribution in [2.24, 2.45) is 0 Å². The third-order valence-corrected chi connectivity index (χ3v) is 1.99. The molecule has 0 bridgehead atoms. The third-order valence-electron chi connectivity index (χ3n) is 1.32. The topological polar surface area (TPSA) is 132 Å². The van der Waals surface area contributed by atoms with Gasteiger partial charge in [-0.1, -0.05) is 0 Å². The van der Waals surface area contributed by atoms with Crippen LogP contribution in [-0.4, -0.2) is 34.5 Å². The number of carbonyl (C=O) groups is 3. The van der Waals surface area contributed by atoms with Crippen molar-refractivity contribution in [1.29, 1.82) is 0 Å². The van der Waals surface area contributed by atoms with Gasteiger partial charge < -0.3 is 20.9 Å². The number of carbonyl (C=O) groups excluding carboxylic acids is 2. The van der Waals surface area contributed by atoms with E-state index < -0.39 is 17.9 Å². The Morgan fingerprint density at radius 1 is 1.56 bits per heavy atom. The van der Waals surface area contributed by atoms with E-state index in [1.807, 2.05) is 0 Å². The summed E-state index contributed by atoms with van der Waals surface area (Å²) in [4.78, 5) is 35.2. The van der Waals surface area contributed by atoms with Gasteiger partial charge in [-0.15, -0.1) is 11.3 Å². The van der Waals surface area contributed by atoms with E-state index in [-0.39, 0.29) is 6.54 Å². The van der Waals surface area contributed by atoms with Crippen molar-refractivity contribution in [3.8, 4) is 0 Å². The predicted octanol–water partition coefficient (Wildman–Crippen LogP) is -0.708. The molecule has 0 aliphatic heterocycles. The van der Waals surface area contributed by atoms with Gasteiger partial charge in [0, 0.05) is 5.38 Å². The number of carboxylic acid groups (broad SMARTS) is 1. The maximum atomic E-state index is 10.9. The van der Waals surface area contributed by atoms with Crippen LogP contribution in [0.25, 0.3) is 0 Å². The number of nitrogens with zero attached hydrogens (tertiary/aromatic N) is 1. The maximum Gasteiger partial charge on any atom is 0.424 e. The van der Waals surface area contributed by atoms with E-state index in [0.29, 0.717) is 10.9 Å². The SMILES string of the molecule is Nc1nc(NCC(=O)OC(=O)C(=O)O)cs1. The van der Waals surface area contributed by atoms with Crippen LogP contribution < -0.4 is 11.1 Å². The van der Waals surface area contributed by atoms with E-state index in [4.69, 9.17) is 10.8 Å². The number of ether oxygens (including phenoxy) is 1. The third kappa shape index (κ3) is 3.53. The summed E-state index contributed by atoms with van der Waals surface area (Å²) in [6.07, 6.45) is 0. The standard InChI is InChI=1S/C7H7N3O5S/c8-7-10-3(2-16-7)9-1-4(11)15-6(14)5(12)13/h2,9H,1H2,(H2,8,10)(H,12,13). The molecule has 0 fully saturated rings. The van der Waals surface area contributed by atoms with Crippen molar-refractivity contribution in [2.75, 3.05) is 17.6 Å². The smallest absolute Gasteiger partial charge is 0.424 e. The van der Waals surface area contributed by atoms with Gasteiger partial charge in [0.15, 0.2) is 5.13 Å². The number of carboxylic acids is 1. The summed E-state index contributed by atoms with van der Waals surface area (Å²) in [6.45, 7) is -0.373. The number of esters is 2. The Kier molecular flexibility index (Phi) is 3.78. The first-order chi connectivity index (χ1) is 7.49. The van der Waals surface area contributed by atoms with Crippen LogP contribution in [0.1, 0.15) is 0 Å². The molecule has 0 unspecified atom stereocenters. The lowest BCUT2D eigenvalue weighted by Gasteiger charge is -2.00. The van der Waals surface area contributed by atoms with Crippen molar-refractivity contribution in [2.45, 2.75) is 0 Å². The lowest BCUT2D eigenvalue weighted by Crippen LogP contribution is -2.25. The molecule has 0 amide bonds. The minimum absolute atomic E-state index is 0.317. The number of nitrogens with two attached hydrogens (primary N) is 1. The molecule has 0 aromatic carbocycles. The molecule has 1 rings (SSSR count). The molecule has 0 aliphatic carbocycles. The number of anilines is 2. The van der Waals surface area contributed by atoms with Gasteiger partial charge in [-0.2, -0.15) is 0 Å². The predicted molar refractivity (Wildman–Crippen MR) is 53.8 cm³/mol. The molecule has 16 heavy (non-hydrogen) atoms. The number of nitrogens with one attached hydrogen (secondary N) is 1. The lowest BCUT2D eigenvalue weighted by atomic mass is 10.6. The molecule has 1 aromatic heterocycles. The second-order valence-electron chi connectivity index (χ2n) is 2.49. The zero-order valence-electron chi connectivity index (χ0n) is 7.80. The Bertz CT molecular complexity index is 429. The van der Waals surface area contributed by atoms with Crippen LogP contribution in [-0.2, 0) is 19.1 Å². The van der Waals surface area contributed by atoms with Crippen LogP contribution >= 0.6 is 11.3 Å². The molecule has 1 aromatic rings. The van der Waals surface area contributed by atoms with E-state index in [0.717, 1.165) is 0 Å². The first-order valence-corrected chi connectivity index (χ1v) is 4.80. The minimum atomic E-state index is -1.83. The first-order valence-electron chi connectivity index (χ1n) is 3.92. The normalized spacial score (nSPS) is 9.50. The van der Waals surface area contributed by atoms with Crippen molar-refractivity contribution < 1.29 is 24.2 Å². The van der Waals surface area contributed by atoms with Crippen molar-refractivity contribution in [1.82, 2.24) is 4.98 Å². The summed E-state index contributed by atoms with van der Waals surface area (Å²) >= 11 is 1.17. The molecule has 0 spiro atoms. The Morgan fingerprint density at radius 3 is 2.75 bits per heavy atom. The largest absolute Gasteiger partial charge is 0.473 e. The summed E-state index contributed by atoms with van der Waals surface area (Å²) in [7, 11) is 0. The van der Waals surface area contributed by atoms with E-state index in [1.54, 1.807) is 5.38 Å². The average molecular weight is 245 g/mol. The van der Waals surface area contributed by atoms with Crippen LogP contribution in [0.4, 0.5) is 10.9 Å². The van der Waals surface area contributed by atoms with Crippen molar-refractivity contribution in [3.63, 3.8) is 0 Å². The quantitative estimate of drug-likeness (QED) is 0.361. The van der Waals surface area contributed by atoms with Crippen molar-refractivity contribution in [3.05, 3.63) is 5.38 Å². The maximum absolute atomic E-state index is 10.9. The van der Waals surface area contributed by atoms with Gasteiger partial charge in [-0.05, 0) is 0 Å². The van der Waals surface area contributed by atoms with Gasteiger partial charge in [0.25, 0.3) is 0 Å². The number of aliphatic carboxylic acids is 1. The fourth-order valence-electron chi connectivity index (χ4n) is 0.715. The monoisotopic (exact) mass is 245 g/mol.